The van der Waals surface area contributed by atoms with E-state index in [0.717, 1.165) is 25.1 Å². The van der Waals surface area contributed by atoms with Crippen LogP contribution in [0, 0.1) is 11.3 Å². The first kappa shape index (κ1) is 16.3. The molecule has 2 rings (SSSR count). The van der Waals surface area contributed by atoms with Gasteiger partial charge in [0.1, 0.15) is 0 Å². The predicted octanol–water partition coefficient (Wildman–Crippen LogP) is 1.83. The van der Waals surface area contributed by atoms with E-state index in [0.29, 0.717) is 18.2 Å². The topological polar surface area (TPSA) is 59.4 Å². The Labute approximate surface area is 132 Å². The second-order valence-electron chi connectivity index (χ2n) is 5.95. The lowest BCUT2D eigenvalue weighted by Gasteiger charge is -2.43. The number of urea groups is 1. The standard InChI is InChI=1S/C17H24N4O/c1-13-14(2)21(11-10-20(13)3)17(22)19-9-8-15-4-6-16(12-18)7-5-15/h4-7,13-14H,8-11H2,1-3H3,(H,19,22). The summed E-state index contributed by atoms with van der Waals surface area (Å²) < 4.78 is 0. The Balaban J connectivity index is 1.81. The van der Waals surface area contributed by atoms with Gasteiger partial charge >= 0.3 is 6.03 Å². The van der Waals surface area contributed by atoms with Gasteiger partial charge in [-0.05, 0) is 45.0 Å². The van der Waals surface area contributed by atoms with Crippen LogP contribution < -0.4 is 5.32 Å². The third kappa shape index (κ3) is 3.77. The van der Waals surface area contributed by atoms with Crippen molar-refractivity contribution in [1.82, 2.24) is 15.1 Å². The van der Waals surface area contributed by atoms with Crippen molar-refractivity contribution in [2.45, 2.75) is 32.4 Å². The molecule has 0 saturated carbocycles. The largest absolute Gasteiger partial charge is 0.338 e. The van der Waals surface area contributed by atoms with Crippen LogP contribution in [0.15, 0.2) is 24.3 Å². The fourth-order valence-corrected chi connectivity index (χ4v) is 2.75. The number of nitrogens with one attached hydrogen (secondary N) is 1. The van der Waals surface area contributed by atoms with Crippen molar-refractivity contribution in [2.24, 2.45) is 0 Å². The first-order valence-electron chi connectivity index (χ1n) is 7.76. The molecule has 22 heavy (non-hydrogen) atoms. The van der Waals surface area contributed by atoms with Gasteiger partial charge in [0.15, 0.2) is 0 Å². The van der Waals surface area contributed by atoms with Gasteiger partial charge in [-0.25, -0.2) is 4.79 Å². The molecule has 1 aliphatic rings. The number of amides is 2. The number of rotatable bonds is 3. The maximum atomic E-state index is 12.3. The molecule has 0 spiro atoms. The smallest absolute Gasteiger partial charge is 0.317 e. The molecule has 2 atom stereocenters. The van der Waals surface area contributed by atoms with E-state index in [-0.39, 0.29) is 12.1 Å². The molecule has 1 heterocycles. The van der Waals surface area contributed by atoms with Gasteiger partial charge in [-0.15, -0.1) is 0 Å². The fourth-order valence-electron chi connectivity index (χ4n) is 2.75. The van der Waals surface area contributed by atoms with E-state index >= 15 is 0 Å². The summed E-state index contributed by atoms with van der Waals surface area (Å²) in [6.07, 6.45) is 0.773. The summed E-state index contributed by atoms with van der Waals surface area (Å²) in [7, 11) is 2.10. The molecule has 1 aromatic carbocycles. The number of benzene rings is 1. The Hall–Kier alpha value is -2.06. The molecule has 2 unspecified atom stereocenters. The lowest BCUT2D eigenvalue weighted by atomic mass is 10.1. The SMILES string of the molecule is CC1C(C)N(C(=O)NCCc2ccc(C#N)cc2)CCN1C. The van der Waals surface area contributed by atoms with Crippen LogP contribution in [0.1, 0.15) is 25.0 Å². The predicted molar refractivity (Wildman–Crippen MR) is 86.5 cm³/mol. The molecule has 0 radical (unpaired) electrons. The molecule has 1 N–H and O–H groups in total. The van der Waals surface area contributed by atoms with Gasteiger partial charge in [-0.2, -0.15) is 5.26 Å². The third-order valence-electron chi connectivity index (χ3n) is 4.61. The Bertz CT molecular complexity index is 549. The molecule has 0 bridgehead atoms. The van der Waals surface area contributed by atoms with E-state index in [1.54, 1.807) is 12.1 Å². The molecule has 1 saturated heterocycles. The minimum atomic E-state index is 0.0149. The highest BCUT2D eigenvalue weighted by atomic mass is 16.2. The van der Waals surface area contributed by atoms with Gasteiger partial charge in [0.05, 0.1) is 11.6 Å². The van der Waals surface area contributed by atoms with E-state index in [2.05, 4.69) is 37.2 Å². The second-order valence-corrected chi connectivity index (χ2v) is 5.95. The molecule has 1 fully saturated rings. The van der Waals surface area contributed by atoms with Crippen LogP contribution >= 0.6 is 0 Å². The summed E-state index contributed by atoms with van der Waals surface area (Å²) in [5.74, 6) is 0. The van der Waals surface area contributed by atoms with Crippen molar-refractivity contribution in [3.63, 3.8) is 0 Å². The fraction of sp³-hybridized carbons (Fsp3) is 0.529. The number of nitrogens with zero attached hydrogens (tertiary/aromatic N) is 3. The molecule has 5 heteroatoms. The van der Waals surface area contributed by atoms with E-state index in [4.69, 9.17) is 5.26 Å². The maximum absolute atomic E-state index is 12.3. The van der Waals surface area contributed by atoms with Crippen molar-refractivity contribution in [3.8, 4) is 6.07 Å². The average molecular weight is 300 g/mol. The minimum absolute atomic E-state index is 0.0149. The monoisotopic (exact) mass is 300 g/mol. The molecular weight excluding hydrogens is 276 g/mol. The lowest BCUT2D eigenvalue weighted by Crippen LogP contribution is -2.59. The first-order chi connectivity index (χ1) is 10.5. The van der Waals surface area contributed by atoms with Gasteiger partial charge in [0.2, 0.25) is 0 Å². The zero-order valence-electron chi connectivity index (χ0n) is 13.5. The van der Waals surface area contributed by atoms with Crippen molar-refractivity contribution in [1.29, 1.82) is 5.26 Å². The first-order valence-corrected chi connectivity index (χ1v) is 7.76. The molecule has 1 aromatic rings. The van der Waals surface area contributed by atoms with E-state index in [1.165, 1.54) is 0 Å². The summed E-state index contributed by atoms with van der Waals surface area (Å²) in [5.41, 5.74) is 1.78. The molecular formula is C17H24N4O. The molecule has 0 aromatic heterocycles. The third-order valence-corrected chi connectivity index (χ3v) is 4.61. The normalized spacial score (nSPS) is 22.2. The number of hydrogen-bond acceptors (Lipinski definition) is 3. The van der Waals surface area contributed by atoms with E-state index < -0.39 is 0 Å². The molecule has 0 aliphatic carbocycles. The maximum Gasteiger partial charge on any atom is 0.317 e. The highest BCUT2D eigenvalue weighted by Gasteiger charge is 2.31. The van der Waals surface area contributed by atoms with Gasteiger partial charge < -0.3 is 10.2 Å². The minimum Gasteiger partial charge on any atom is -0.338 e. The average Bonchev–Trinajstić information content (AvgIpc) is 2.53. The summed E-state index contributed by atoms with van der Waals surface area (Å²) in [5, 5.41) is 11.8. The molecule has 118 valence electrons. The molecule has 2 amide bonds. The Morgan fingerprint density at radius 1 is 1.27 bits per heavy atom. The summed E-state index contributed by atoms with van der Waals surface area (Å²) in [6, 6.07) is 10.2. The van der Waals surface area contributed by atoms with Gasteiger partial charge in [0, 0.05) is 31.7 Å². The van der Waals surface area contributed by atoms with Crippen molar-refractivity contribution < 1.29 is 4.79 Å². The van der Waals surface area contributed by atoms with Crippen LogP contribution in [0.4, 0.5) is 4.79 Å². The van der Waals surface area contributed by atoms with Gasteiger partial charge in [-0.3, -0.25) is 4.90 Å². The van der Waals surface area contributed by atoms with E-state index in [1.807, 2.05) is 17.0 Å². The number of likely N-dealkylation sites (N-methyl/N-ethyl adjacent to an activating group) is 1. The van der Waals surface area contributed by atoms with Crippen molar-refractivity contribution in [2.75, 3.05) is 26.7 Å². The Morgan fingerprint density at radius 2 is 1.95 bits per heavy atom. The van der Waals surface area contributed by atoms with Crippen LogP contribution in [0.25, 0.3) is 0 Å². The molecule has 5 nitrogen and oxygen atoms in total. The zero-order chi connectivity index (χ0) is 16.1. The number of nitriles is 1. The lowest BCUT2D eigenvalue weighted by molar-refractivity contribution is 0.0742. The van der Waals surface area contributed by atoms with Crippen LogP contribution in [-0.2, 0) is 6.42 Å². The van der Waals surface area contributed by atoms with E-state index in [9.17, 15) is 4.79 Å². The Kier molecular flexibility index (Phi) is 5.40. The molecule has 1 aliphatic heterocycles. The van der Waals surface area contributed by atoms with Crippen LogP contribution in [0.2, 0.25) is 0 Å². The Morgan fingerprint density at radius 3 is 2.59 bits per heavy atom. The van der Waals surface area contributed by atoms with Crippen LogP contribution in [0.3, 0.4) is 0 Å². The quantitative estimate of drug-likeness (QED) is 0.926. The van der Waals surface area contributed by atoms with Crippen molar-refractivity contribution >= 4 is 6.03 Å². The highest BCUT2D eigenvalue weighted by molar-refractivity contribution is 5.74. The van der Waals surface area contributed by atoms with Crippen LogP contribution in [0.5, 0.6) is 0 Å². The second kappa shape index (κ2) is 7.28. The number of carbonyl (C=O) groups excluding carboxylic acids is 1. The van der Waals surface area contributed by atoms with Gasteiger partial charge in [0.25, 0.3) is 0 Å². The van der Waals surface area contributed by atoms with Gasteiger partial charge in [-0.1, -0.05) is 12.1 Å². The number of carbonyl (C=O) groups is 1. The summed E-state index contributed by atoms with van der Waals surface area (Å²) >= 11 is 0. The highest BCUT2D eigenvalue weighted by Crippen LogP contribution is 2.15. The van der Waals surface area contributed by atoms with Crippen LogP contribution in [-0.4, -0.2) is 54.6 Å². The summed E-state index contributed by atoms with van der Waals surface area (Å²) in [4.78, 5) is 16.5. The number of piperazine rings is 1. The van der Waals surface area contributed by atoms with Crippen molar-refractivity contribution in [3.05, 3.63) is 35.4 Å². The number of hydrogen-bond donors (Lipinski definition) is 1. The summed E-state index contributed by atoms with van der Waals surface area (Å²) in [6.45, 7) is 6.54. The zero-order valence-corrected chi connectivity index (χ0v) is 13.5.